The Morgan fingerprint density at radius 2 is 1.55 bits per heavy atom. The standard InChI is InChI=1S/C28H45N5O5S2/c1-19(2)16-23(32-26(36)22(31-18-34)13-15-39-3)27(37)33-24(17-20-10-6-5-7-11-20)25(35)30-14-9-8-12-21(29)28(38)40-4/h5-7,10-11,18-19,21-24H,8-9,12-17,29H2,1-4H3,(H,30,35)(H,31,34)(H,32,36)(H,33,37). The Hall–Kier alpha value is -2.57. The van der Waals surface area contributed by atoms with Crippen LogP contribution in [-0.4, -0.2) is 78.2 Å². The van der Waals surface area contributed by atoms with Crippen LogP contribution in [0.2, 0.25) is 0 Å². The van der Waals surface area contributed by atoms with Crippen molar-refractivity contribution in [3.05, 3.63) is 35.9 Å². The van der Waals surface area contributed by atoms with Gasteiger partial charge in [0.2, 0.25) is 29.2 Å². The number of rotatable bonds is 20. The maximum Gasteiger partial charge on any atom is 0.243 e. The summed E-state index contributed by atoms with van der Waals surface area (Å²) in [4.78, 5) is 62.2. The first-order valence-electron chi connectivity index (χ1n) is 13.6. The lowest BCUT2D eigenvalue weighted by Crippen LogP contribution is -2.57. The molecule has 224 valence electrons. The van der Waals surface area contributed by atoms with Gasteiger partial charge in [-0.05, 0) is 61.8 Å². The predicted molar refractivity (Wildman–Crippen MR) is 163 cm³/mol. The van der Waals surface area contributed by atoms with Crippen LogP contribution in [0.25, 0.3) is 0 Å². The monoisotopic (exact) mass is 595 g/mol. The molecule has 4 unspecified atom stereocenters. The highest BCUT2D eigenvalue weighted by Gasteiger charge is 2.29. The van der Waals surface area contributed by atoms with Crippen LogP contribution in [0.3, 0.4) is 0 Å². The zero-order chi connectivity index (χ0) is 29.9. The molecule has 1 aromatic carbocycles. The molecule has 1 rings (SSSR count). The molecule has 6 N–H and O–H groups in total. The van der Waals surface area contributed by atoms with E-state index in [4.69, 9.17) is 5.73 Å². The van der Waals surface area contributed by atoms with Crippen LogP contribution in [0.5, 0.6) is 0 Å². The molecular weight excluding hydrogens is 550 g/mol. The number of benzene rings is 1. The van der Waals surface area contributed by atoms with Gasteiger partial charge in [0.1, 0.15) is 18.1 Å². The number of thioether (sulfide) groups is 2. The molecule has 0 aliphatic rings. The van der Waals surface area contributed by atoms with Crippen LogP contribution in [0, 0.1) is 5.92 Å². The highest BCUT2D eigenvalue weighted by molar-refractivity contribution is 8.13. The van der Waals surface area contributed by atoms with Gasteiger partial charge in [-0.3, -0.25) is 24.0 Å². The lowest BCUT2D eigenvalue weighted by Gasteiger charge is -2.26. The summed E-state index contributed by atoms with van der Waals surface area (Å²) < 4.78 is 0. The van der Waals surface area contributed by atoms with Gasteiger partial charge >= 0.3 is 0 Å². The van der Waals surface area contributed by atoms with Gasteiger partial charge in [0, 0.05) is 13.0 Å². The van der Waals surface area contributed by atoms with Crippen molar-refractivity contribution >= 4 is 52.8 Å². The second kappa shape index (κ2) is 20.3. The van der Waals surface area contributed by atoms with E-state index in [2.05, 4.69) is 21.3 Å². The van der Waals surface area contributed by atoms with Crippen molar-refractivity contribution in [1.82, 2.24) is 21.3 Å². The molecule has 0 saturated carbocycles. The molecule has 0 heterocycles. The van der Waals surface area contributed by atoms with Gasteiger partial charge in [0.15, 0.2) is 0 Å². The van der Waals surface area contributed by atoms with E-state index in [9.17, 15) is 24.0 Å². The van der Waals surface area contributed by atoms with Crippen molar-refractivity contribution < 1.29 is 24.0 Å². The predicted octanol–water partition coefficient (Wildman–Crippen LogP) is 1.62. The van der Waals surface area contributed by atoms with Crippen molar-refractivity contribution in [3.63, 3.8) is 0 Å². The maximum atomic E-state index is 13.4. The molecular formula is C28H45N5O5S2. The molecule has 0 bridgehead atoms. The van der Waals surface area contributed by atoms with Crippen LogP contribution in [0.1, 0.15) is 51.5 Å². The fraction of sp³-hybridized carbons (Fsp3) is 0.607. The van der Waals surface area contributed by atoms with Crippen LogP contribution >= 0.6 is 23.5 Å². The summed E-state index contributed by atoms with van der Waals surface area (Å²) in [6.07, 6.45) is 7.01. The molecule has 0 spiro atoms. The first-order valence-corrected chi connectivity index (χ1v) is 16.2. The van der Waals surface area contributed by atoms with Crippen LogP contribution in [-0.2, 0) is 30.4 Å². The molecule has 1 aromatic rings. The number of carbonyl (C=O) groups is 5. The summed E-state index contributed by atoms with van der Waals surface area (Å²) in [5.41, 5.74) is 6.73. The second-order valence-electron chi connectivity index (χ2n) is 9.98. The molecule has 4 amide bonds. The Balaban J connectivity index is 2.91. The third-order valence-corrected chi connectivity index (χ3v) is 7.55. The van der Waals surface area contributed by atoms with Gasteiger partial charge in [-0.25, -0.2) is 0 Å². The van der Waals surface area contributed by atoms with Crippen LogP contribution in [0.15, 0.2) is 30.3 Å². The minimum Gasteiger partial charge on any atom is -0.354 e. The number of unbranched alkanes of at least 4 members (excludes halogenated alkanes) is 1. The highest BCUT2D eigenvalue weighted by Crippen LogP contribution is 2.10. The van der Waals surface area contributed by atoms with E-state index >= 15 is 0 Å². The highest BCUT2D eigenvalue weighted by atomic mass is 32.2. The molecule has 12 heteroatoms. The molecule has 10 nitrogen and oxygen atoms in total. The Morgan fingerprint density at radius 1 is 0.900 bits per heavy atom. The van der Waals surface area contributed by atoms with Gasteiger partial charge in [-0.1, -0.05) is 55.9 Å². The molecule has 0 aliphatic heterocycles. The van der Waals surface area contributed by atoms with Crippen LogP contribution in [0.4, 0.5) is 0 Å². The van der Waals surface area contributed by atoms with Gasteiger partial charge in [0.05, 0.1) is 6.04 Å². The number of carbonyl (C=O) groups excluding carboxylic acids is 5. The number of amides is 4. The summed E-state index contributed by atoms with van der Waals surface area (Å²) in [5.74, 6) is -0.486. The smallest absolute Gasteiger partial charge is 0.243 e. The summed E-state index contributed by atoms with van der Waals surface area (Å²) in [5, 5.41) is 11.0. The number of hydrogen-bond acceptors (Lipinski definition) is 8. The van der Waals surface area contributed by atoms with Crippen molar-refractivity contribution in [2.45, 2.75) is 76.5 Å². The fourth-order valence-corrected chi connectivity index (χ4v) is 4.90. The Morgan fingerprint density at radius 3 is 2.15 bits per heavy atom. The summed E-state index contributed by atoms with van der Waals surface area (Å²) in [7, 11) is 0. The number of nitrogens with one attached hydrogen (secondary N) is 4. The van der Waals surface area contributed by atoms with Crippen molar-refractivity contribution in [2.75, 3.05) is 24.8 Å². The minimum atomic E-state index is -0.876. The number of hydrogen-bond donors (Lipinski definition) is 5. The van der Waals surface area contributed by atoms with E-state index in [1.54, 1.807) is 18.0 Å². The fourth-order valence-electron chi connectivity index (χ4n) is 4.01. The minimum absolute atomic E-state index is 0.0600. The lowest BCUT2D eigenvalue weighted by atomic mass is 10.0. The van der Waals surface area contributed by atoms with Gasteiger partial charge in [0.25, 0.3) is 0 Å². The average molecular weight is 596 g/mol. The molecule has 0 aromatic heterocycles. The summed E-state index contributed by atoms with van der Waals surface area (Å²) >= 11 is 2.66. The zero-order valence-corrected chi connectivity index (χ0v) is 25.6. The SMILES string of the molecule is CSCCC(NC=O)C(=O)NC(CC(C)C)C(=O)NC(Cc1ccccc1)C(=O)NCCCCC(N)C(=O)SC. The average Bonchev–Trinajstić information content (AvgIpc) is 2.93. The first-order chi connectivity index (χ1) is 19.1. The zero-order valence-electron chi connectivity index (χ0n) is 23.9. The third kappa shape index (κ3) is 14.2. The first kappa shape index (κ1) is 35.5. The normalized spacial score (nSPS) is 13.9. The molecule has 0 aliphatic carbocycles. The van der Waals surface area contributed by atoms with Gasteiger partial charge in [-0.2, -0.15) is 11.8 Å². The Labute approximate surface area is 246 Å². The molecule has 0 radical (unpaired) electrons. The maximum absolute atomic E-state index is 13.4. The third-order valence-electron chi connectivity index (χ3n) is 6.20. The van der Waals surface area contributed by atoms with Crippen molar-refractivity contribution in [2.24, 2.45) is 11.7 Å². The topological polar surface area (TPSA) is 159 Å². The Bertz CT molecular complexity index is 935. The molecule has 4 atom stereocenters. The van der Waals surface area contributed by atoms with Crippen LogP contribution < -0.4 is 27.0 Å². The van der Waals surface area contributed by atoms with E-state index in [1.165, 1.54) is 0 Å². The van der Waals surface area contributed by atoms with E-state index < -0.39 is 36.0 Å². The largest absolute Gasteiger partial charge is 0.354 e. The Kier molecular flexibility index (Phi) is 18.0. The quantitative estimate of drug-likeness (QED) is 0.112. The van der Waals surface area contributed by atoms with E-state index in [0.29, 0.717) is 50.8 Å². The summed E-state index contributed by atoms with van der Waals surface area (Å²) in [6, 6.07) is 6.35. The van der Waals surface area contributed by atoms with E-state index in [0.717, 1.165) is 17.3 Å². The van der Waals surface area contributed by atoms with E-state index in [1.807, 2.05) is 50.4 Å². The van der Waals surface area contributed by atoms with Gasteiger partial charge in [-0.15, -0.1) is 0 Å². The summed E-state index contributed by atoms with van der Waals surface area (Å²) in [6.45, 7) is 4.25. The lowest BCUT2D eigenvalue weighted by molar-refractivity contribution is -0.133. The van der Waals surface area contributed by atoms with Crippen molar-refractivity contribution in [1.29, 1.82) is 0 Å². The molecule has 0 fully saturated rings. The molecule has 0 saturated heterocycles. The number of nitrogens with two attached hydrogens (primary N) is 1. The van der Waals surface area contributed by atoms with Gasteiger partial charge < -0.3 is 27.0 Å². The van der Waals surface area contributed by atoms with Crippen molar-refractivity contribution in [3.8, 4) is 0 Å². The van der Waals surface area contributed by atoms with E-state index in [-0.39, 0.29) is 23.4 Å². The second-order valence-corrected chi connectivity index (χ2v) is 11.8. The molecule has 40 heavy (non-hydrogen) atoms.